The Labute approximate surface area is 124 Å². The number of anilines is 1. The molecule has 0 aromatic heterocycles. The number of carbonyl (C=O) groups is 2. The monoisotopic (exact) mass is 296 g/mol. The van der Waals surface area contributed by atoms with Crippen molar-refractivity contribution in [1.82, 2.24) is 5.32 Å². The fourth-order valence-corrected chi connectivity index (χ4v) is 2.05. The first-order valence-electron chi connectivity index (χ1n) is 6.46. The molecule has 1 aromatic rings. The average molecular weight is 297 g/mol. The third-order valence-corrected chi connectivity index (χ3v) is 3.08. The average Bonchev–Trinajstić information content (AvgIpc) is 2.29. The largest absolute Gasteiger partial charge is 0.347 e. The summed E-state index contributed by atoms with van der Waals surface area (Å²) in [5, 5.41) is 5.82. The highest BCUT2D eigenvalue weighted by molar-refractivity contribution is 6.34. The predicted molar refractivity (Wildman–Crippen MR) is 82.0 cm³/mol. The molecule has 5 heteroatoms. The van der Waals surface area contributed by atoms with E-state index in [0.29, 0.717) is 10.7 Å². The standard InChI is InChI=1S/C15H21ClN2O2/c1-9-6-10(2)13(11(16)7-9)18-12(19)8-17-14(20)15(3,4)5/h6-7H,8H2,1-5H3,(H,17,20)(H,18,19). The molecule has 20 heavy (non-hydrogen) atoms. The molecule has 2 N–H and O–H groups in total. The summed E-state index contributed by atoms with van der Waals surface area (Å²) in [7, 11) is 0. The minimum atomic E-state index is -0.516. The van der Waals surface area contributed by atoms with Crippen molar-refractivity contribution in [3.05, 3.63) is 28.3 Å². The minimum absolute atomic E-state index is 0.0697. The number of halogens is 1. The first-order chi connectivity index (χ1) is 9.11. The molecule has 0 aliphatic rings. The van der Waals surface area contributed by atoms with Crippen LogP contribution >= 0.6 is 11.6 Å². The van der Waals surface area contributed by atoms with E-state index in [1.807, 2.05) is 19.9 Å². The Morgan fingerprint density at radius 2 is 1.80 bits per heavy atom. The highest BCUT2D eigenvalue weighted by atomic mass is 35.5. The molecular weight excluding hydrogens is 276 g/mol. The highest BCUT2D eigenvalue weighted by Crippen LogP contribution is 2.27. The first kappa shape index (κ1) is 16.5. The van der Waals surface area contributed by atoms with Crippen molar-refractivity contribution in [2.45, 2.75) is 34.6 Å². The van der Waals surface area contributed by atoms with Crippen LogP contribution in [0.15, 0.2) is 12.1 Å². The van der Waals surface area contributed by atoms with Gasteiger partial charge in [-0.05, 0) is 31.0 Å². The molecule has 4 nitrogen and oxygen atoms in total. The van der Waals surface area contributed by atoms with Crippen molar-refractivity contribution >= 4 is 29.1 Å². The summed E-state index contributed by atoms with van der Waals surface area (Å²) in [4.78, 5) is 23.5. The molecule has 1 aromatic carbocycles. The molecule has 0 aliphatic heterocycles. The third kappa shape index (κ3) is 4.53. The van der Waals surface area contributed by atoms with Crippen LogP contribution in [0, 0.1) is 19.3 Å². The number of carbonyl (C=O) groups excluding carboxylic acids is 2. The Morgan fingerprint density at radius 3 is 2.30 bits per heavy atom. The van der Waals surface area contributed by atoms with E-state index in [1.165, 1.54) is 0 Å². The highest BCUT2D eigenvalue weighted by Gasteiger charge is 2.21. The van der Waals surface area contributed by atoms with Crippen LogP contribution in [-0.4, -0.2) is 18.4 Å². The minimum Gasteiger partial charge on any atom is -0.347 e. The topological polar surface area (TPSA) is 58.2 Å². The van der Waals surface area contributed by atoms with Crippen molar-refractivity contribution in [3.8, 4) is 0 Å². The maximum absolute atomic E-state index is 11.8. The number of hydrogen-bond acceptors (Lipinski definition) is 2. The van der Waals surface area contributed by atoms with Crippen LogP contribution in [0.4, 0.5) is 5.69 Å². The molecule has 0 unspecified atom stereocenters. The Morgan fingerprint density at radius 1 is 1.20 bits per heavy atom. The normalized spacial score (nSPS) is 11.1. The van der Waals surface area contributed by atoms with E-state index in [-0.39, 0.29) is 18.4 Å². The van der Waals surface area contributed by atoms with E-state index in [2.05, 4.69) is 10.6 Å². The second-order valence-electron chi connectivity index (χ2n) is 5.92. The van der Waals surface area contributed by atoms with Crippen LogP contribution < -0.4 is 10.6 Å². The molecule has 2 amide bonds. The summed E-state index contributed by atoms with van der Waals surface area (Å²) in [5.41, 5.74) is 2.00. The Balaban J connectivity index is 2.67. The lowest BCUT2D eigenvalue weighted by Gasteiger charge is -2.18. The van der Waals surface area contributed by atoms with Gasteiger partial charge in [0.15, 0.2) is 0 Å². The lowest BCUT2D eigenvalue weighted by atomic mass is 9.96. The molecule has 0 atom stereocenters. The number of rotatable bonds is 3. The molecule has 1 rings (SSSR count). The van der Waals surface area contributed by atoms with E-state index in [9.17, 15) is 9.59 Å². The van der Waals surface area contributed by atoms with Crippen molar-refractivity contribution in [2.24, 2.45) is 5.41 Å². The lowest BCUT2D eigenvalue weighted by molar-refractivity contribution is -0.130. The number of amides is 2. The zero-order chi connectivity index (χ0) is 15.5. The summed E-state index contributed by atoms with van der Waals surface area (Å²) in [6.07, 6.45) is 0. The molecule has 0 saturated carbocycles. The maximum Gasteiger partial charge on any atom is 0.243 e. The summed E-state index contributed by atoms with van der Waals surface area (Å²) in [6.45, 7) is 9.12. The van der Waals surface area contributed by atoms with Crippen molar-refractivity contribution < 1.29 is 9.59 Å². The van der Waals surface area contributed by atoms with Gasteiger partial charge in [-0.15, -0.1) is 0 Å². The first-order valence-corrected chi connectivity index (χ1v) is 6.84. The van der Waals surface area contributed by atoms with Crippen LogP contribution in [0.2, 0.25) is 5.02 Å². The fourth-order valence-electron chi connectivity index (χ4n) is 1.68. The van der Waals surface area contributed by atoms with E-state index >= 15 is 0 Å². The summed E-state index contributed by atoms with van der Waals surface area (Å²) in [6, 6.07) is 3.73. The number of benzene rings is 1. The van der Waals surface area contributed by atoms with Crippen LogP contribution in [0.25, 0.3) is 0 Å². The Kier molecular flexibility index (Phi) is 5.17. The molecule has 0 aliphatic carbocycles. The van der Waals surface area contributed by atoms with Crippen LogP contribution in [0.5, 0.6) is 0 Å². The smallest absolute Gasteiger partial charge is 0.243 e. The van der Waals surface area contributed by atoms with E-state index in [4.69, 9.17) is 11.6 Å². The van der Waals surface area contributed by atoms with Gasteiger partial charge >= 0.3 is 0 Å². The molecule has 0 bridgehead atoms. The molecule has 0 radical (unpaired) electrons. The van der Waals surface area contributed by atoms with Crippen molar-refractivity contribution in [2.75, 3.05) is 11.9 Å². The summed E-state index contributed by atoms with van der Waals surface area (Å²) in [5.74, 6) is -0.462. The molecule has 110 valence electrons. The summed E-state index contributed by atoms with van der Waals surface area (Å²) < 4.78 is 0. The quantitative estimate of drug-likeness (QED) is 0.900. The number of nitrogens with one attached hydrogen (secondary N) is 2. The molecule has 0 heterocycles. The van der Waals surface area contributed by atoms with Crippen LogP contribution in [0.1, 0.15) is 31.9 Å². The van der Waals surface area contributed by atoms with Gasteiger partial charge in [-0.2, -0.15) is 0 Å². The maximum atomic E-state index is 11.8. The van der Waals surface area contributed by atoms with E-state index in [1.54, 1.807) is 26.8 Å². The van der Waals surface area contributed by atoms with Gasteiger partial charge in [-0.3, -0.25) is 9.59 Å². The van der Waals surface area contributed by atoms with Crippen molar-refractivity contribution in [3.63, 3.8) is 0 Å². The van der Waals surface area contributed by atoms with Gasteiger partial charge in [-0.1, -0.05) is 38.4 Å². The molecule has 0 spiro atoms. The van der Waals surface area contributed by atoms with Gasteiger partial charge in [-0.25, -0.2) is 0 Å². The zero-order valence-electron chi connectivity index (χ0n) is 12.6. The SMILES string of the molecule is Cc1cc(C)c(NC(=O)CNC(=O)C(C)(C)C)c(Cl)c1. The second kappa shape index (κ2) is 6.27. The Hall–Kier alpha value is -1.55. The van der Waals surface area contributed by atoms with Crippen LogP contribution in [0.3, 0.4) is 0 Å². The molecule has 0 fully saturated rings. The van der Waals surface area contributed by atoms with E-state index in [0.717, 1.165) is 11.1 Å². The molecular formula is C15H21ClN2O2. The second-order valence-corrected chi connectivity index (χ2v) is 6.33. The number of aryl methyl sites for hydroxylation is 2. The third-order valence-electron chi connectivity index (χ3n) is 2.79. The Bertz CT molecular complexity index is 510. The van der Waals surface area contributed by atoms with Crippen LogP contribution in [-0.2, 0) is 9.59 Å². The van der Waals surface area contributed by atoms with Gasteiger partial charge in [0.25, 0.3) is 0 Å². The predicted octanol–water partition coefficient (Wildman–Crippen LogP) is 3.06. The lowest BCUT2D eigenvalue weighted by Crippen LogP contribution is -2.39. The van der Waals surface area contributed by atoms with Gasteiger partial charge < -0.3 is 10.6 Å². The van der Waals surface area contributed by atoms with Gasteiger partial charge in [0.05, 0.1) is 17.3 Å². The van der Waals surface area contributed by atoms with Gasteiger partial charge in [0, 0.05) is 5.41 Å². The number of hydrogen-bond donors (Lipinski definition) is 2. The molecule has 0 saturated heterocycles. The van der Waals surface area contributed by atoms with Gasteiger partial charge in [0.1, 0.15) is 0 Å². The van der Waals surface area contributed by atoms with E-state index < -0.39 is 5.41 Å². The van der Waals surface area contributed by atoms with Gasteiger partial charge in [0.2, 0.25) is 11.8 Å². The zero-order valence-corrected chi connectivity index (χ0v) is 13.3. The fraction of sp³-hybridized carbons (Fsp3) is 0.467. The van der Waals surface area contributed by atoms with Crippen molar-refractivity contribution in [1.29, 1.82) is 0 Å². The summed E-state index contributed by atoms with van der Waals surface area (Å²) >= 11 is 6.11.